The molecular formula is C35H39F3N4O3. The van der Waals surface area contributed by atoms with Gasteiger partial charge in [-0.05, 0) is 60.9 Å². The van der Waals surface area contributed by atoms with Crippen molar-refractivity contribution in [3.63, 3.8) is 0 Å². The Morgan fingerprint density at radius 3 is 2.38 bits per heavy atom. The number of piperidine rings is 1. The molecule has 1 fully saturated rings. The second kappa shape index (κ2) is 13.3. The van der Waals surface area contributed by atoms with Gasteiger partial charge in [0.1, 0.15) is 12.0 Å². The number of amides is 1. The summed E-state index contributed by atoms with van der Waals surface area (Å²) in [6, 6.07) is 15.5. The van der Waals surface area contributed by atoms with Crippen LogP contribution in [0.2, 0.25) is 0 Å². The molecule has 1 aromatic heterocycles. The molecule has 238 valence electrons. The number of aliphatic hydroxyl groups is 1. The highest BCUT2D eigenvalue weighted by Crippen LogP contribution is 2.52. The van der Waals surface area contributed by atoms with Gasteiger partial charge in [-0.25, -0.2) is 4.98 Å². The lowest BCUT2D eigenvalue weighted by atomic mass is 9.72. The van der Waals surface area contributed by atoms with Crippen molar-refractivity contribution in [3.8, 4) is 11.1 Å². The van der Waals surface area contributed by atoms with Crippen LogP contribution in [0.3, 0.4) is 0 Å². The third-order valence-electron chi connectivity index (χ3n) is 9.41. The Bertz CT molecular complexity index is 1500. The van der Waals surface area contributed by atoms with Gasteiger partial charge in [0, 0.05) is 25.0 Å². The Labute approximate surface area is 261 Å². The summed E-state index contributed by atoms with van der Waals surface area (Å²) in [4.78, 5) is 19.6. The van der Waals surface area contributed by atoms with Crippen molar-refractivity contribution in [2.45, 2.75) is 68.3 Å². The zero-order chi connectivity index (χ0) is 31.4. The third kappa shape index (κ3) is 6.64. The number of carbonyl (C=O) groups is 1. The van der Waals surface area contributed by atoms with E-state index in [1.165, 1.54) is 6.39 Å². The molecule has 0 bridgehead atoms. The molecule has 3 N–H and O–H groups in total. The molecule has 0 radical (unpaired) electrons. The van der Waals surface area contributed by atoms with Crippen molar-refractivity contribution < 1.29 is 27.5 Å². The summed E-state index contributed by atoms with van der Waals surface area (Å²) < 4.78 is 45.1. The number of aromatic nitrogens is 1. The lowest BCUT2D eigenvalue weighted by Crippen LogP contribution is -2.51. The molecular weight excluding hydrogens is 581 g/mol. The largest absolute Gasteiger partial charge is 0.447 e. The summed E-state index contributed by atoms with van der Waals surface area (Å²) in [6.45, 7) is 1.23. The lowest BCUT2D eigenvalue weighted by molar-refractivity contribution is -0.133. The number of oxazole rings is 1. The Balaban J connectivity index is 1.05. The highest BCUT2D eigenvalue weighted by molar-refractivity contribution is 5.93. The fourth-order valence-electron chi connectivity index (χ4n) is 7.20. The van der Waals surface area contributed by atoms with Gasteiger partial charge in [-0.1, -0.05) is 79.3 Å². The van der Waals surface area contributed by atoms with Gasteiger partial charge >= 0.3 is 6.18 Å². The molecule has 2 aliphatic carbocycles. The molecule has 3 aliphatic rings. The van der Waals surface area contributed by atoms with Crippen LogP contribution in [0.5, 0.6) is 0 Å². The van der Waals surface area contributed by atoms with E-state index in [4.69, 9.17) is 4.42 Å². The predicted molar refractivity (Wildman–Crippen MR) is 166 cm³/mol. The van der Waals surface area contributed by atoms with E-state index in [1.54, 1.807) is 0 Å². The van der Waals surface area contributed by atoms with Crippen LogP contribution in [0.15, 0.2) is 83.6 Å². The number of allylic oxidation sites excluding steroid dienone is 4. The number of hydrogen-bond donors (Lipinski definition) is 3. The fourth-order valence-corrected chi connectivity index (χ4v) is 7.20. The van der Waals surface area contributed by atoms with E-state index in [0.29, 0.717) is 17.9 Å². The van der Waals surface area contributed by atoms with Crippen LogP contribution in [-0.4, -0.2) is 65.5 Å². The predicted octanol–water partition coefficient (Wildman–Crippen LogP) is 6.08. The highest BCUT2D eigenvalue weighted by atomic mass is 19.4. The topological polar surface area (TPSA) is 90.6 Å². The molecule has 2 atom stereocenters. The third-order valence-corrected chi connectivity index (χ3v) is 9.41. The summed E-state index contributed by atoms with van der Waals surface area (Å²) in [6.07, 6.45) is 7.94. The first-order chi connectivity index (χ1) is 21.8. The number of fused-ring (bicyclic) bond motifs is 3. The van der Waals surface area contributed by atoms with E-state index >= 15 is 0 Å². The van der Waals surface area contributed by atoms with Crippen molar-refractivity contribution in [1.29, 1.82) is 0 Å². The van der Waals surface area contributed by atoms with E-state index in [9.17, 15) is 23.1 Å². The summed E-state index contributed by atoms with van der Waals surface area (Å²) in [5, 5.41) is 16.9. The number of alkyl halides is 3. The smallest absolute Gasteiger partial charge is 0.401 e. The summed E-state index contributed by atoms with van der Waals surface area (Å²) >= 11 is 0. The molecule has 1 amide bonds. The summed E-state index contributed by atoms with van der Waals surface area (Å²) in [5.74, 6) is 0.391. The van der Waals surface area contributed by atoms with Crippen LogP contribution in [0.25, 0.3) is 11.1 Å². The second-order valence-corrected chi connectivity index (χ2v) is 12.2. The molecule has 3 aromatic rings. The Morgan fingerprint density at radius 2 is 1.73 bits per heavy atom. The standard InChI is InChI=1S/C35H39F3N4O3/c36-35(37,38)22-39-33(44)34(28-14-6-4-12-26(28)27-13-5-7-15-29(27)34)18-8-9-19-42-20-16-25(17-21-42)41-32(43)30-31(45-23-40-30)24-10-2-1-3-11-24/h1-7,10,12-15,23-25,33,39,44H,8-9,11,16-22H2,(H,41,43). The molecule has 2 aromatic carbocycles. The van der Waals surface area contributed by atoms with Crippen molar-refractivity contribution in [2.24, 2.45) is 0 Å². The minimum atomic E-state index is -4.44. The number of hydrogen-bond acceptors (Lipinski definition) is 6. The molecule has 45 heavy (non-hydrogen) atoms. The van der Waals surface area contributed by atoms with Gasteiger partial charge in [0.15, 0.2) is 12.1 Å². The van der Waals surface area contributed by atoms with Crippen molar-refractivity contribution in [3.05, 3.63) is 102 Å². The van der Waals surface area contributed by atoms with E-state index in [2.05, 4.69) is 20.5 Å². The number of aliphatic hydroxyl groups excluding tert-OH is 1. The number of nitrogens with zero attached hydrogens (tertiary/aromatic N) is 2. The fraction of sp³-hybridized carbons (Fsp3) is 0.429. The minimum absolute atomic E-state index is 0.00644. The number of unbranched alkanes of at least 4 members (excludes halogenated alkanes) is 1. The van der Waals surface area contributed by atoms with E-state index in [-0.39, 0.29) is 17.9 Å². The highest BCUT2D eigenvalue weighted by Gasteiger charge is 2.48. The lowest BCUT2D eigenvalue weighted by Gasteiger charge is -2.38. The maximum Gasteiger partial charge on any atom is 0.401 e. The molecule has 7 nitrogen and oxygen atoms in total. The molecule has 0 spiro atoms. The summed E-state index contributed by atoms with van der Waals surface area (Å²) in [7, 11) is 0. The molecule has 2 heterocycles. The first-order valence-corrected chi connectivity index (χ1v) is 15.7. The molecule has 1 aliphatic heterocycles. The zero-order valence-electron chi connectivity index (χ0n) is 25.1. The van der Waals surface area contributed by atoms with Gasteiger partial charge in [-0.15, -0.1) is 0 Å². The molecule has 2 unspecified atom stereocenters. The maximum atomic E-state index is 13.2. The zero-order valence-corrected chi connectivity index (χ0v) is 25.1. The van der Waals surface area contributed by atoms with E-state index < -0.39 is 24.4 Å². The first-order valence-electron chi connectivity index (χ1n) is 15.7. The SMILES string of the molecule is O=C(NC1CCN(CCCCC2(C(O)NCC(F)(F)F)c3ccccc3-c3ccccc32)CC1)c1ncoc1C1C=CC=CC1. The van der Waals surface area contributed by atoms with Gasteiger partial charge in [0.25, 0.3) is 5.91 Å². The molecule has 1 saturated heterocycles. The number of benzene rings is 2. The molecule has 6 rings (SSSR count). The maximum absolute atomic E-state index is 13.2. The Kier molecular flexibility index (Phi) is 9.26. The van der Waals surface area contributed by atoms with Crippen LogP contribution >= 0.6 is 0 Å². The van der Waals surface area contributed by atoms with Crippen LogP contribution in [0, 0.1) is 0 Å². The van der Waals surface area contributed by atoms with Crippen molar-refractivity contribution >= 4 is 5.91 Å². The molecule has 0 saturated carbocycles. The number of likely N-dealkylation sites (tertiary alicyclic amines) is 1. The van der Waals surface area contributed by atoms with Gasteiger partial charge in [-0.3, -0.25) is 10.1 Å². The number of carbonyl (C=O) groups excluding carboxylic acids is 1. The van der Waals surface area contributed by atoms with Crippen molar-refractivity contribution in [2.75, 3.05) is 26.2 Å². The number of rotatable bonds is 11. The van der Waals surface area contributed by atoms with Crippen LogP contribution < -0.4 is 10.6 Å². The first kappa shape index (κ1) is 31.3. The molecule has 10 heteroatoms. The van der Waals surface area contributed by atoms with Crippen LogP contribution in [0.1, 0.15) is 71.8 Å². The minimum Gasteiger partial charge on any atom is -0.447 e. The Hall–Kier alpha value is -3.73. The van der Waals surface area contributed by atoms with Gasteiger partial charge < -0.3 is 19.7 Å². The van der Waals surface area contributed by atoms with Crippen LogP contribution in [0.4, 0.5) is 13.2 Å². The van der Waals surface area contributed by atoms with E-state index in [0.717, 1.165) is 74.0 Å². The van der Waals surface area contributed by atoms with E-state index in [1.807, 2.05) is 72.8 Å². The van der Waals surface area contributed by atoms with Crippen LogP contribution in [-0.2, 0) is 5.41 Å². The van der Waals surface area contributed by atoms with Gasteiger partial charge in [0.2, 0.25) is 0 Å². The number of nitrogens with one attached hydrogen (secondary N) is 2. The monoisotopic (exact) mass is 620 g/mol. The average molecular weight is 621 g/mol. The van der Waals surface area contributed by atoms with Gasteiger partial charge in [-0.2, -0.15) is 13.2 Å². The Morgan fingerprint density at radius 1 is 1.04 bits per heavy atom. The van der Waals surface area contributed by atoms with Crippen molar-refractivity contribution in [1.82, 2.24) is 20.5 Å². The second-order valence-electron chi connectivity index (χ2n) is 12.2. The van der Waals surface area contributed by atoms with Gasteiger partial charge in [0.05, 0.1) is 12.0 Å². The normalized spacial score (nSPS) is 20.1. The quantitative estimate of drug-likeness (QED) is 0.178. The summed E-state index contributed by atoms with van der Waals surface area (Å²) in [5.41, 5.74) is 2.98. The number of halogens is 3. The average Bonchev–Trinajstić information content (AvgIpc) is 3.66.